The molecule has 4 rings (SSSR count). The second-order valence-electron chi connectivity index (χ2n) is 7.95. The number of carbonyl (C=O) groups excluding carboxylic acids is 1. The molecule has 1 aromatic heterocycles. The minimum Gasteiger partial charge on any atom is -0.395 e. The van der Waals surface area contributed by atoms with Gasteiger partial charge in [-0.15, -0.1) is 0 Å². The lowest BCUT2D eigenvalue weighted by Gasteiger charge is -2.34. The summed E-state index contributed by atoms with van der Waals surface area (Å²) in [5.41, 5.74) is 4.98. The standard InChI is InChI=1S/C25H22ClF3N6O/c26-19-4-1-2-5-20(19)33-21(16-22(30)25(27,28)29)17-6-8-18(9-7-17)23(36)34-12-14-35(15-13-34)24-31-10-3-11-32-24/h1-11,16H,12-15,30H2/b22-16-,33-21?. The Hall–Kier alpha value is -3.92. The molecule has 7 nitrogen and oxygen atoms in total. The monoisotopic (exact) mass is 514 g/mol. The Morgan fingerprint density at radius 3 is 2.17 bits per heavy atom. The SMILES string of the molecule is N/C(=C\C(=Nc1ccccc1Cl)c1ccc(C(=O)N2CCN(c3ncccn3)CC2)cc1)C(F)(F)F. The van der Waals surface area contributed by atoms with Crippen molar-refractivity contribution < 1.29 is 18.0 Å². The minimum absolute atomic E-state index is 0.0339. The highest BCUT2D eigenvalue weighted by atomic mass is 35.5. The van der Waals surface area contributed by atoms with E-state index in [1.807, 2.05) is 4.90 Å². The number of piperazine rings is 1. The summed E-state index contributed by atoms with van der Waals surface area (Å²) < 4.78 is 39.4. The number of alkyl halides is 3. The Morgan fingerprint density at radius 2 is 1.56 bits per heavy atom. The third-order valence-electron chi connectivity index (χ3n) is 5.54. The number of benzene rings is 2. The van der Waals surface area contributed by atoms with E-state index < -0.39 is 11.9 Å². The van der Waals surface area contributed by atoms with Crippen molar-refractivity contribution in [2.45, 2.75) is 6.18 Å². The summed E-state index contributed by atoms with van der Waals surface area (Å²) in [6, 6.07) is 14.5. The second kappa shape index (κ2) is 10.8. The van der Waals surface area contributed by atoms with Gasteiger partial charge >= 0.3 is 6.18 Å². The predicted molar refractivity (Wildman–Crippen MR) is 133 cm³/mol. The minimum atomic E-state index is -4.72. The number of nitrogens with zero attached hydrogens (tertiary/aromatic N) is 5. The number of halogens is 4. The molecule has 11 heteroatoms. The molecule has 0 saturated carbocycles. The summed E-state index contributed by atoms with van der Waals surface area (Å²) >= 11 is 6.14. The van der Waals surface area contributed by atoms with Crippen molar-refractivity contribution in [1.82, 2.24) is 14.9 Å². The lowest BCUT2D eigenvalue weighted by molar-refractivity contribution is -0.0925. The Kier molecular flexibility index (Phi) is 7.54. The van der Waals surface area contributed by atoms with E-state index in [1.165, 1.54) is 12.1 Å². The van der Waals surface area contributed by atoms with E-state index in [1.54, 1.807) is 59.8 Å². The van der Waals surface area contributed by atoms with Gasteiger partial charge in [-0.1, -0.05) is 35.9 Å². The third-order valence-corrected chi connectivity index (χ3v) is 5.86. The highest BCUT2D eigenvalue weighted by Gasteiger charge is 2.32. The van der Waals surface area contributed by atoms with E-state index in [-0.39, 0.29) is 16.6 Å². The largest absolute Gasteiger partial charge is 0.430 e. The van der Waals surface area contributed by atoms with Gasteiger partial charge in [0.2, 0.25) is 5.95 Å². The first kappa shape index (κ1) is 25.2. The van der Waals surface area contributed by atoms with E-state index in [0.29, 0.717) is 48.9 Å². The van der Waals surface area contributed by atoms with Crippen LogP contribution in [0.5, 0.6) is 0 Å². The van der Waals surface area contributed by atoms with Gasteiger partial charge in [-0.3, -0.25) is 4.79 Å². The number of nitrogens with two attached hydrogens (primary N) is 1. The molecule has 2 heterocycles. The van der Waals surface area contributed by atoms with Gasteiger partial charge in [0.25, 0.3) is 5.91 Å². The smallest absolute Gasteiger partial charge is 0.395 e. The number of aromatic nitrogens is 2. The molecule has 36 heavy (non-hydrogen) atoms. The van der Waals surface area contributed by atoms with Crippen molar-refractivity contribution in [2.24, 2.45) is 10.7 Å². The first-order valence-electron chi connectivity index (χ1n) is 11.0. The molecule has 1 fully saturated rings. The summed E-state index contributed by atoms with van der Waals surface area (Å²) in [5.74, 6) is 0.440. The number of hydrogen-bond donors (Lipinski definition) is 1. The molecule has 0 unspecified atom stereocenters. The highest BCUT2D eigenvalue weighted by Crippen LogP contribution is 2.27. The summed E-state index contributed by atoms with van der Waals surface area (Å²) in [4.78, 5) is 29.5. The van der Waals surface area contributed by atoms with Gasteiger partial charge in [-0.05, 0) is 36.4 Å². The van der Waals surface area contributed by atoms with Crippen LogP contribution in [0.1, 0.15) is 15.9 Å². The predicted octanol–water partition coefficient (Wildman–Crippen LogP) is 4.62. The topological polar surface area (TPSA) is 87.7 Å². The van der Waals surface area contributed by atoms with Gasteiger partial charge in [0, 0.05) is 49.7 Å². The molecule has 1 aliphatic rings. The van der Waals surface area contributed by atoms with E-state index in [0.717, 1.165) is 6.08 Å². The normalized spacial score (nSPS) is 15.2. The summed E-state index contributed by atoms with van der Waals surface area (Å²) in [6.45, 7) is 2.15. The highest BCUT2D eigenvalue weighted by molar-refractivity contribution is 6.33. The van der Waals surface area contributed by atoms with Gasteiger partial charge < -0.3 is 15.5 Å². The van der Waals surface area contributed by atoms with E-state index >= 15 is 0 Å². The van der Waals surface area contributed by atoms with E-state index in [2.05, 4.69) is 15.0 Å². The number of anilines is 1. The van der Waals surface area contributed by atoms with Crippen LogP contribution in [0.3, 0.4) is 0 Å². The fourth-order valence-corrected chi connectivity index (χ4v) is 3.79. The molecule has 1 aliphatic heterocycles. The molecule has 0 spiro atoms. The van der Waals surface area contributed by atoms with Gasteiger partial charge in [0.15, 0.2) is 0 Å². The lowest BCUT2D eigenvalue weighted by Crippen LogP contribution is -2.49. The molecule has 2 N–H and O–H groups in total. The van der Waals surface area contributed by atoms with Gasteiger partial charge in [0.05, 0.1) is 16.4 Å². The lowest BCUT2D eigenvalue weighted by atomic mass is 10.0. The second-order valence-corrected chi connectivity index (χ2v) is 8.36. The number of amides is 1. The quantitative estimate of drug-likeness (QED) is 0.502. The van der Waals surface area contributed by atoms with Crippen LogP contribution in [0, 0.1) is 0 Å². The van der Waals surface area contributed by atoms with Crippen molar-refractivity contribution in [3.63, 3.8) is 0 Å². The maximum atomic E-state index is 13.1. The van der Waals surface area contributed by atoms with Gasteiger partial charge in [-0.2, -0.15) is 13.2 Å². The average molecular weight is 515 g/mol. The molecular weight excluding hydrogens is 493 g/mol. The molecule has 0 bridgehead atoms. The van der Waals surface area contributed by atoms with Crippen LogP contribution < -0.4 is 10.6 Å². The number of para-hydroxylation sites is 1. The Labute approximate surface area is 210 Å². The van der Waals surface area contributed by atoms with E-state index in [9.17, 15) is 18.0 Å². The van der Waals surface area contributed by atoms with Crippen LogP contribution >= 0.6 is 11.6 Å². The molecule has 0 atom stereocenters. The molecule has 1 amide bonds. The Bertz CT molecular complexity index is 1270. The third kappa shape index (κ3) is 6.01. The summed E-state index contributed by atoms with van der Waals surface area (Å²) in [7, 11) is 0. The molecule has 186 valence electrons. The summed E-state index contributed by atoms with van der Waals surface area (Å²) in [6.07, 6.45) is -0.625. The molecule has 0 aliphatic carbocycles. The van der Waals surface area contributed by atoms with E-state index in [4.69, 9.17) is 17.3 Å². The van der Waals surface area contributed by atoms with Crippen LogP contribution in [-0.2, 0) is 0 Å². The number of carbonyl (C=O) groups is 1. The molecular formula is C25H22ClF3N6O. The zero-order chi connectivity index (χ0) is 25.7. The zero-order valence-corrected chi connectivity index (χ0v) is 19.7. The Balaban J connectivity index is 1.53. The van der Waals surface area contributed by atoms with Crippen LogP contribution in [0.25, 0.3) is 0 Å². The number of allylic oxidation sites excluding steroid dienone is 2. The fraction of sp³-hybridized carbons (Fsp3) is 0.200. The average Bonchev–Trinajstić information content (AvgIpc) is 2.89. The number of aliphatic imine (C=N–C) groups is 1. The van der Waals surface area contributed by atoms with Crippen molar-refractivity contribution >= 4 is 34.9 Å². The molecule has 1 saturated heterocycles. The maximum Gasteiger partial charge on any atom is 0.430 e. The van der Waals surface area contributed by atoms with Crippen LogP contribution in [0.15, 0.2) is 83.8 Å². The van der Waals surface area contributed by atoms with Gasteiger partial charge in [0.1, 0.15) is 5.70 Å². The summed E-state index contributed by atoms with van der Waals surface area (Å²) in [5, 5.41) is 0.279. The molecule has 0 radical (unpaired) electrons. The van der Waals surface area contributed by atoms with Crippen LogP contribution in [-0.4, -0.2) is 58.8 Å². The van der Waals surface area contributed by atoms with Crippen molar-refractivity contribution in [2.75, 3.05) is 31.1 Å². The first-order chi connectivity index (χ1) is 17.2. The molecule has 2 aromatic carbocycles. The maximum absolute atomic E-state index is 13.1. The van der Waals surface area contributed by atoms with Crippen molar-refractivity contribution in [3.05, 3.63) is 94.9 Å². The number of hydrogen-bond acceptors (Lipinski definition) is 6. The van der Waals surface area contributed by atoms with Crippen molar-refractivity contribution in [3.8, 4) is 0 Å². The van der Waals surface area contributed by atoms with Gasteiger partial charge in [-0.25, -0.2) is 15.0 Å². The van der Waals surface area contributed by atoms with Crippen LogP contribution in [0.2, 0.25) is 5.02 Å². The first-order valence-corrected chi connectivity index (χ1v) is 11.4. The fourth-order valence-electron chi connectivity index (χ4n) is 3.61. The number of rotatable bonds is 5. The molecule has 3 aromatic rings. The van der Waals surface area contributed by atoms with Crippen molar-refractivity contribution in [1.29, 1.82) is 0 Å². The Morgan fingerprint density at radius 1 is 0.944 bits per heavy atom. The van der Waals surface area contributed by atoms with Crippen LogP contribution in [0.4, 0.5) is 24.8 Å². The zero-order valence-electron chi connectivity index (χ0n) is 19.0.